The molecular formula is C11H21N3O5. The minimum absolute atomic E-state index is 0.146. The minimum atomic E-state index is -1.20. The zero-order valence-corrected chi connectivity index (χ0v) is 11.4. The number of amides is 3. The summed E-state index contributed by atoms with van der Waals surface area (Å²) < 4.78 is 4.67. The van der Waals surface area contributed by atoms with Crippen LogP contribution in [0, 0.1) is 0 Å². The quantitative estimate of drug-likeness (QED) is 0.540. The highest BCUT2D eigenvalue weighted by atomic mass is 16.5. The Balaban J connectivity index is 4.17. The Labute approximate surface area is 112 Å². The second-order valence-corrected chi connectivity index (χ2v) is 3.74. The molecule has 1 unspecified atom stereocenters. The topological polar surface area (TPSA) is 108 Å². The molecule has 0 radical (unpaired) electrons. The summed E-state index contributed by atoms with van der Waals surface area (Å²) in [5.74, 6) is -1.43. The molecule has 0 aliphatic heterocycles. The Bertz CT molecular complexity index is 317. The smallest absolute Gasteiger partial charge is 0.328 e. The number of methoxy groups -OCH3 is 1. The second kappa shape index (κ2) is 9.15. The van der Waals surface area contributed by atoms with E-state index in [4.69, 9.17) is 5.11 Å². The summed E-state index contributed by atoms with van der Waals surface area (Å²) in [7, 11) is 1.33. The summed E-state index contributed by atoms with van der Waals surface area (Å²) in [5.41, 5.74) is 0. The van der Waals surface area contributed by atoms with E-state index in [-0.39, 0.29) is 19.1 Å². The van der Waals surface area contributed by atoms with Crippen LogP contribution in [0.5, 0.6) is 0 Å². The summed E-state index contributed by atoms with van der Waals surface area (Å²) in [4.78, 5) is 35.3. The van der Waals surface area contributed by atoms with Gasteiger partial charge in [0.05, 0.1) is 13.2 Å². The number of carboxylic acids is 1. The molecule has 0 spiro atoms. The maximum Gasteiger partial charge on any atom is 0.328 e. The lowest BCUT2D eigenvalue weighted by Gasteiger charge is -2.19. The Morgan fingerprint density at radius 1 is 1.26 bits per heavy atom. The minimum Gasteiger partial charge on any atom is -0.480 e. The molecule has 0 saturated heterocycles. The van der Waals surface area contributed by atoms with Crippen LogP contribution < -0.4 is 10.6 Å². The van der Waals surface area contributed by atoms with E-state index in [0.717, 1.165) is 0 Å². The van der Waals surface area contributed by atoms with Crippen molar-refractivity contribution in [1.29, 1.82) is 0 Å². The third-order valence-corrected chi connectivity index (χ3v) is 2.45. The fraction of sp³-hybridized carbons (Fsp3) is 0.727. The number of carbonyl (C=O) groups is 3. The maximum absolute atomic E-state index is 11.6. The van der Waals surface area contributed by atoms with Gasteiger partial charge in [-0.25, -0.2) is 9.59 Å². The Morgan fingerprint density at radius 3 is 2.26 bits per heavy atom. The molecule has 0 aliphatic carbocycles. The molecule has 0 saturated carbocycles. The number of aliphatic carboxylic acids is 1. The van der Waals surface area contributed by atoms with Gasteiger partial charge in [0.1, 0.15) is 0 Å². The predicted molar refractivity (Wildman–Crippen MR) is 67.8 cm³/mol. The van der Waals surface area contributed by atoms with Crippen LogP contribution in [0.4, 0.5) is 4.79 Å². The lowest BCUT2D eigenvalue weighted by atomic mass is 10.3. The second-order valence-electron chi connectivity index (χ2n) is 3.74. The number of ether oxygens (including phenoxy) is 1. The summed E-state index contributed by atoms with van der Waals surface area (Å²) >= 11 is 0. The molecule has 3 N–H and O–H groups in total. The lowest BCUT2D eigenvalue weighted by Crippen LogP contribution is -2.50. The number of carboxylic acid groups (broad SMARTS) is 1. The molecule has 1 atom stereocenters. The van der Waals surface area contributed by atoms with Crippen molar-refractivity contribution in [3.63, 3.8) is 0 Å². The fourth-order valence-electron chi connectivity index (χ4n) is 1.39. The molecule has 8 nitrogen and oxygen atoms in total. The lowest BCUT2D eigenvalue weighted by molar-refractivity contribution is -0.140. The number of nitrogens with zero attached hydrogens (tertiary/aromatic N) is 1. The van der Waals surface area contributed by atoms with Crippen molar-refractivity contribution in [2.45, 2.75) is 19.9 Å². The zero-order valence-electron chi connectivity index (χ0n) is 11.4. The number of rotatable bonds is 8. The van der Waals surface area contributed by atoms with E-state index in [1.54, 1.807) is 4.90 Å². The largest absolute Gasteiger partial charge is 0.480 e. The summed E-state index contributed by atoms with van der Waals surface area (Å²) in [6, 6.07) is -1.86. The number of carbonyl (C=O) groups excluding carboxylic acids is 2. The van der Waals surface area contributed by atoms with Crippen LogP contribution in [0.3, 0.4) is 0 Å². The van der Waals surface area contributed by atoms with Crippen LogP contribution >= 0.6 is 0 Å². The normalized spacial score (nSPS) is 11.5. The number of nitrogens with one attached hydrogen (secondary N) is 2. The first-order chi connectivity index (χ1) is 8.96. The average Bonchev–Trinajstić information content (AvgIpc) is 2.37. The van der Waals surface area contributed by atoms with Crippen LogP contribution in [0.1, 0.15) is 13.8 Å². The third kappa shape index (κ3) is 6.61. The van der Waals surface area contributed by atoms with Crippen molar-refractivity contribution < 1.29 is 24.2 Å². The Kier molecular flexibility index (Phi) is 8.27. The highest BCUT2D eigenvalue weighted by Gasteiger charge is 2.20. The molecule has 0 aromatic carbocycles. The van der Waals surface area contributed by atoms with E-state index in [1.807, 2.05) is 13.8 Å². The van der Waals surface area contributed by atoms with Crippen molar-refractivity contribution >= 4 is 17.9 Å². The van der Waals surface area contributed by atoms with Crippen LogP contribution in [-0.4, -0.2) is 67.3 Å². The van der Waals surface area contributed by atoms with Gasteiger partial charge in [-0.15, -0.1) is 0 Å². The molecule has 0 aliphatic rings. The van der Waals surface area contributed by atoms with Gasteiger partial charge in [-0.1, -0.05) is 0 Å². The van der Waals surface area contributed by atoms with Crippen molar-refractivity contribution in [2.24, 2.45) is 0 Å². The van der Waals surface area contributed by atoms with Gasteiger partial charge in [-0.3, -0.25) is 4.79 Å². The van der Waals surface area contributed by atoms with E-state index in [0.29, 0.717) is 13.1 Å². The zero-order chi connectivity index (χ0) is 14.8. The van der Waals surface area contributed by atoms with E-state index < -0.39 is 18.0 Å². The van der Waals surface area contributed by atoms with E-state index in [2.05, 4.69) is 15.4 Å². The third-order valence-electron chi connectivity index (χ3n) is 2.45. The van der Waals surface area contributed by atoms with Gasteiger partial charge in [0, 0.05) is 20.2 Å². The molecule has 0 heterocycles. The van der Waals surface area contributed by atoms with Gasteiger partial charge < -0.3 is 25.4 Å². The molecule has 0 aromatic rings. The van der Waals surface area contributed by atoms with Crippen LogP contribution in [0.2, 0.25) is 0 Å². The average molecular weight is 275 g/mol. The Morgan fingerprint density at radius 2 is 1.84 bits per heavy atom. The monoisotopic (exact) mass is 275 g/mol. The van der Waals surface area contributed by atoms with Crippen molar-refractivity contribution in [1.82, 2.24) is 15.5 Å². The molecular weight excluding hydrogens is 254 g/mol. The van der Waals surface area contributed by atoms with Crippen LogP contribution in [0.25, 0.3) is 0 Å². The first-order valence-electron chi connectivity index (χ1n) is 6.00. The summed E-state index contributed by atoms with van der Waals surface area (Å²) in [6.07, 6.45) is 0. The first-order valence-corrected chi connectivity index (χ1v) is 6.00. The number of likely N-dealkylation sites (N-methyl/N-ethyl adjacent to an activating group) is 1. The van der Waals surface area contributed by atoms with Crippen molar-refractivity contribution in [2.75, 3.05) is 33.4 Å². The van der Waals surface area contributed by atoms with Gasteiger partial charge in [0.15, 0.2) is 6.04 Å². The predicted octanol–water partition coefficient (Wildman–Crippen LogP) is -0.746. The van der Waals surface area contributed by atoms with E-state index >= 15 is 0 Å². The maximum atomic E-state index is 11.6. The molecule has 0 aromatic heterocycles. The standard InChI is InChI=1S/C11H21N3O5/c1-4-14(5-2)9(15)6-12-11(18)13-8(7-19-3)10(16)17/h8H,4-7H2,1-3H3,(H,16,17)(H2,12,13,18). The molecule has 0 rings (SSSR count). The number of hydrogen-bond donors (Lipinski definition) is 3. The number of hydrogen-bond acceptors (Lipinski definition) is 4. The van der Waals surface area contributed by atoms with Gasteiger partial charge in [-0.05, 0) is 13.8 Å². The van der Waals surface area contributed by atoms with Crippen LogP contribution in [0.15, 0.2) is 0 Å². The van der Waals surface area contributed by atoms with Gasteiger partial charge in [-0.2, -0.15) is 0 Å². The summed E-state index contributed by atoms with van der Waals surface area (Å²) in [6.45, 7) is 4.46. The fourth-order valence-corrected chi connectivity index (χ4v) is 1.39. The molecule has 19 heavy (non-hydrogen) atoms. The summed E-state index contributed by atoms with van der Waals surface area (Å²) in [5, 5.41) is 13.3. The molecule has 3 amide bonds. The number of urea groups is 1. The Hall–Kier alpha value is -1.83. The van der Waals surface area contributed by atoms with Crippen molar-refractivity contribution in [3.05, 3.63) is 0 Å². The van der Waals surface area contributed by atoms with Crippen LogP contribution in [-0.2, 0) is 14.3 Å². The van der Waals surface area contributed by atoms with Gasteiger partial charge >= 0.3 is 12.0 Å². The van der Waals surface area contributed by atoms with Crippen molar-refractivity contribution in [3.8, 4) is 0 Å². The highest BCUT2D eigenvalue weighted by molar-refractivity contribution is 5.86. The molecule has 8 heteroatoms. The first kappa shape index (κ1) is 17.2. The molecule has 0 bridgehead atoms. The van der Waals surface area contributed by atoms with E-state index in [1.165, 1.54) is 7.11 Å². The molecule has 0 fully saturated rings. The van der Waals surface area contributed by atoms with Gasteiger partial charge in [0.2, 0.25) is 5.91 Å². The highest BCUT2D eigenvalue weighted by Crippen LogP contribution is 1.88. The van der Waals surface area contributed by atoms with Gasteiger partial charge in [0.25, 0.3) is 0 Å². The van der Waals surface area contributed by atoms with E-state index in [9.17, 15) is 14.4 Å². The molecule has 110 valence electrons. The SMILES string of the molecule is CCN(CC)C(=O)CNC(=O)NC(COC)C(=O)O.